The maximum Gasteiger partial charge on any atom is 0.416 e. The van der Waals surface area contributed by atoms with Gasteiger partial charge in [0.2, 0.25) is 0 Å². The van der Waals surface area contributed by atoms with Crippen LogP contribution in [0.4, 0.5) is 23.7 Å². The van der Waals surface area contributed by atoms with Crippen molar-refractivity contribution in [2.24, 2.45) is 0 Å². The van der Waals surface area contributed by atoms with Gasteiger partial charge in [-0.1, -0.05) is 6.07 Å². The van der Waals surface area contributed by atoms with Crippen LogP contribution in [0.1, 0.15) is 31.9 Å². The van der Waals surface area contributed by atoms with Gasteiger partial charge in [-0.3, -0.25) is 4.90 Å². The van der Waals surface area contributed by atoms with Crippen LogP contribution in [0.2, 0.25) is 0 Å². The SMILES string of the molecule is CC(C)(C)OC(=O)N1CCN(CCc2ccc(N)cc2C(F)(F)F)CC1. The molecule has 2 rings (SSSR count). The minimum Gasteiger partial charge on any atom is -0.444 e. The molecule has 0 unspecified atom stereocenters. The summed E-state index contributed by atoms with van der Waals surface area (Å²) in [5, 5.41) is 0. The molecule has 5 nitrogen and oxygen atoms in total. The number of amides is 1. The number of nitrogens with zero attached hydrogens (tertiary/aromatic N) is 2. The summed E-state index contributed by atoms with van der Waals surface area (Å²) >= 11 is 0. The third kappa shape index (κ3) is 5.79. The molecular weight excluding hydrogens is 347 g/mol. The van der Waals surface area contributed by atoms with Gasteiger partial charge in [0, 0.05) is 38.4 Å². The fourth-order valence-corrected chi connectivity index (χ4v) is 2.84. The zero-order valence-corrected chi connectivity index (χ0v) is 15.4. The molecule has 8 heteroatoms. The highest BCUT2D eigenvalue weighted by molar-refractivity contribution is 5.68. The van der Waals surface area contributed by atoms with Gasteiger partial charge in [-0.15, -0.1) is 0 Å². The van der Waals surface area contributed by atoms with Crippen molar-refractivity contribution in [1.29, 1.82) is 0 Å². The third-order valence-corrected chi connectivity index (χ3v) is 4.16. The quantitative estimate of drug-likeness (QED) is 0.826. The molecule has 0 saturated carbocycles. The molecule has 1 aromatic rings. The predicted molar refractivity (Wildman–Crippen MR) is 93.8 cm³/mol. The Hall–Kier alpha value is -1.96. The molecule has 2 N–H and O–H groups in total. The number of ether oxygens (including phenoxy) is 1. The number of nitrogens with two attached hydrogens (primary N) is 1. The Kier molecular flexibility index (Phi) is 6.05. The number of halogens is 3. The van der Waals surface area contributed by atoms with Gasteiger partial charge < -0.3 is 15.4 Å². The summed E-state index contributed by atoms with van der Waals surface area (Å²) in [4.78, 5) is 15.7. The van der Waals surface area contributed by atoms with Gasteiger partial charge in [0.05, 0.1) is 5.56 Å². The average molecular weight is 373 g/mol. The second-order valence-electron chi connectivity index (χ2n) is 7.47. The van der Waals surface area contributed by atoms with E-state index in [4.69, 9.17) is 10.5 Å². The lowest BCUT2D eigenvalue weighted by Crippen LogP contribution is -2.50. The molecule has 0 spiro atoms. The van der Waals surface area contributed by atoms with Crippen LogP contribution in [0, 0.1) is 0 Å². The number of carbonyl (C=O) groups is 1. The van der Waals surface area contributed by atoms with E-state index in [9.17, 15) is 18.0 Å². The van der Waals surface area contributed by atoms with E-state index in [2.05, 4.69) is 4.90 Å². The molecule has 26 heavy (non-hydrogen) atoms. The molecule has 0 bridgehead atoms. The van der Waals surface area contributed by atoms with Crippen molar-refractivity contribution >= 4 is 11.8 Å². The van der Waals surface area contributed by atoms with Crippen LogP contribution in [0.5, 0.6) is 0 Å². The molecule has 1 amide bonds. The number of carbonyl (C=O) groups excluding carboxylic acids is 1. The monoisotopic (exact) mass is 373 g/mol. The van der Waals surface area contributed by atoms with Gasteiger partial charge in [-0.25, -0.2) is 4.79 Å². The van der Waals surface area contributed by atoms with Crippen LogP contribution >= 0.6 is 0 Å². The molecular formula is C18H26F3N3O2. The van der Waals surface area contributed by atoms with Gasteiger partial charge in [0.25, 0.3) is 0 Å². The fourth-order valence-electron chi connectivity index (χ4n) is 2.84. The largest absolute Gasteiger partial charge is 0.444 e. The van der Waals surface area contributed by atoms with Gasteiger partial charge in [0.1, 0.15) is 5.60 Å². The van der Waals surface area contributed by atoms with E-state index in [0.29, 0.717) is 32.7 Å². The van der Waals surface area contributed by atoms with Crippen LogP contribution in [0.25, 0.3) is 0 Å². The highest BCUT2D eigenvalue weighted by atomic mass is 19.4. The minimum absolute atomic E-state index is 0.104. The fraction of sp³-hybridized carbons (Fsp3) is 0.611. The van der Waals surface area contributed by atoms with Crippen molar-refractivity contribution < 1.29 is 22.7 Å². The van der Waals surface area contributed by atoms with Crippen molar-refractivity contribution in [1.82, 2.24) is 9.80 Å². The van der Waals surface area contributed by atoms with Crippen LogP contribution in [0.15, 0.2) is 18.2 Å². The third-order valence-electron chi connectivity index (χ3n) is 4.16. The van der Waals surface area contributed by atoms with E-state index < -0.39 is 17.3 Å². The van der Waals surface area contributed by atoms with Gasteiger partial charge in [0.15, 0.2) is 0 Å². The van der Waals surface area contributed by atoms with E-state index in [0.717, 1.165) is 6.07 Å². The first kappa shape index (κ1) is 20.4. The standard InChI is InChI=1S/C18H26F3N3O2/c1-17(2,3)26-16(25)24-10-8-23(9-11-24)7-6-13-4-5-14(22)12-15(13)18(19,20)21/h4-5,12H,6-11,22H2,1-3H3. The first-order chi connectivity index (χ1) is 12.0. The molecule has 0 radical (unpaired) electrons. The number of hydrogen-bond donors (Lipinski definition) is 1. The predicted octanol–water partition coefficient (Wildman–Crippen LogP) is 3.38. The first-order valence-electron chi connectivity index (χ1n) is 8.61. The topological polar surface area (TPSA) is 58.8 Å². The molecule has 1 aromatic carbocycles. The molecule has 1 saturated heterocycles. The molecule has 146 valence electrons. The van der Waals surface area contributed by atoms with Crippen LogP contribution in [-0.4, -0.2) is 54.2 Å². The summed E-state index contributed by atoms with van der Waals surface area (Å²) in [7, 11) is 0. The van der Waals surface area contributed by atoms with E-state index in [-0.39, 0.29) is 23.8 Å². The second-order valence-corrected chi connectivity index (χ2v) is 7.47. The lowest BCUT2D eigenvalue weighted by molar-refractivity contribution is -0.138. The lowest BCUT2D eigenvalue weighted by Gasteiger charge is -2.35. The Morgan fingerprint density at radius 1 is 1.15 bits per heavy atom. The van der Waals surface area contributed by atoms with E-state index in [1.165, 1.54) is 12.1 Å². The number of benzene rings is 1. The van der Waals surface area contributed by atoms with Crippen LogP contribution in [-0.2, 0) is 17.3 Å². The van der Waals surface area contributed by atoms with Crippen molar-refractivity contribution in [2.45, 2.75) is 39.0 Å². The summed E-state index contributed by atoms with van der Waals surface area (Å²) in [6.45, 7) is 8.15. The zero-order valence-electron chi connectivity index (χ0n) is 15.4. The average Bonchev–Trinajstić information content (AvgIpc) is 2.51. The summed E-state index contributed by atoms with van der Waals surface area (Å²) in [5.41, 5.74) is 4.61. The van der Waals surface area contributed by atoms with Crippen molar-refractivity contribution in [2.75, 3.05) is 38.5 Å². The van der Waals surface area contributed by atoms with Crippen molar-refractivity contribution in [3.63, 3.8) is 0 Å². The number of rotatable bonds is 3. The number of anilines is 1. The molecule has 1 heterocycles. The molecule has 0 aromatic heterocycles. The van der Waals surface area contributed by atoms with Crippen LogP contribution < -0.4 is 5.73 Å². The normalized spacial score (nSPS) is 16.6. The van der Waals surface area contributed by atoms with Crippen LogP contribution in [0.3, 0.4) is 0 Å². The number of hydrogen-bond acceptors (Lipinski definition) is 4. The summed E-state index contributed by atoms with van der Waals surface area (Å²) in [6.07, 6.45) is -4.49. The van der Waals surface area contributed by atoms with Crippen molar-refractivity contribution in [3.05, 3.63) is 29.3 Å². The Morgan fingerprint density at radius 2 is 1.77 bits per heavy atom. The van der Waals surface area contributed by atoms with E-state index in [1.54, 1.807) is 4.90 Å². The minimum atomic E-state index is -4.42. The number of nitrogen functional groups attached to an aromatic ring is 1. The van der Waals surface area contributed by atoms with Crippen molar-refractivity contribution in [3.8, 4) is 0 Å². The lowest BCUT2D eigenvalue weighted by atomic mass is 10.0. The van der Waals surface area contributed by atoms with Gasteiger partial charge in [-0.05, 0) is 44.9 Å². The van der Waals surface area contributed by atoms with Gasteiger partial charge in [-0.2, -0.15) is 13.2 Å². The summed E-state index contributed by atoms with van der Waals surface area (Å²) in [6, 6.07) is 3.91. The first-order valence-corrected chi connectivity index (χ1v) is 8.61. The molecule has 1 aliphatic rings. The Balaban J connectivity index is 1.89. The number of alkyl halides is 3. The Labute approximate surface area is 151 Å². The maximum absolute atomic E-state index is 13.1. The molecule has 0 aliphatic carbocycles. The van der Waals surface area contributed by atoms with Gasteiger partial charge >= 0.3 is 12.3 Å². The number of piperazine rings is 1. The molecule has 0 atom stereocenters. The molecule has 1 fully saturated rings. The van der Waals surface area contributed by atoms with E-state index >= 15 is 0 Å². The zero-order chi connectivity index (χ0) is 19.5. The Morgan fingerprint density at radius 3 is 2.31 bits per heavy atom. The second kappa shape index (κ2) is 7.73. The highest BCUT2D eigenvalue weighted by Crippen LogP contribution is 2.33. The van der Waals surface area contributed by atoms with E-state index in [1.807, 2.05) is 20.8 Å². The summed E-state index contributed by atoms with van der Waals surface area (Å²) in [5.74, 6) is 0. The summed E-state index contributed by atoms with van der Waals surface area (Å²) < 4.78 is 44.8. The smallest absolute Gasteiger partial charge is 0.416 e. The Bertz CT molecular complexity index is 634. The highest BCUT2D eigenvalue weighted by Gasteiger charge is 2.33. The maximum atomic E-state index is 13.1. The molecule has 1 aliphatic heterocycles.